The SMILES string of the molecule is CN1C(=O)C[C@@H](C(=O)Nc2ccc(S(N)(=O)=O)cc2)[C@@H]1c1ccccc1. The normalized spacial score (nSPS) is 20.2. The van der Waals surface area contributed by atoms with Gasteiger partial charge in [-0.1, -0.05) is 30.3 Å². The zero-order valence-electron chi connectivity index (χ0n) is 14.1. The maximum atomic E-state index is 12.7. The number of carbonyl (C=O) groups is 2. The van der Waals surface area contributed by atoms with Gasteiger partial charge in [0.25, 0.3) is 0 Å². The minimum Gasteiger partial charge on any atom is -0.338 e. The number of rotatable bonds is 4. The minimum atomic E-state index is -3.79. The fraction of sp³-hybridized carbons (Fsp3) is 0.222. The van der Waals surface area contributed by atoms with Gasteiger partial charge in [0.2, 0.25) is 21.8 Å². The third kappa shape index (κ3) is 3.61. The summed E-state index contributed by atoms with van der Waals surface area (Å²) in [5.74, 6) is -0.920. The molecule has 0 aromatic heterocycles. The Morgan fingerprint density at radius 3 is 2.31 bits per heavy atom. The van der Waals surface area contributed by atoms with Crippen LogP contribution in [-0.2, 0) is 19.6 Å². The Kier molecular flexibility index (Phi) is 4.80. The van der Waals surface area contributed by atoms with E-state index in [0.717, 1.165) is 5.56 Å². The van der Waals surface area contributed by atoms with E-state index >= 15 is 0 Å². The zero-order valence-corrected chi connectivity index (χ0v) is 14.9. The number of amides is 2. The van der Waals surface area contributed by atoms with Crippen LogP contribution in [0, 0.1) is 5.92 Å². The summed E-state index contributed by atoms with van der Waals surface area (Å²) >= 11 is 0. The van der Waals surface area contributed by atoms with Gasteiger partial charge < -0.3 is 10.2 Å². The summed E-state index contributed by atoms with van der Waals surface area (Å²) in [6.07, 6.45) is 0.122. The smallest absolute Gasteiger partial charge is 0.238 e. The molecule has 7 nitrogen and oxygen atoms in total. The molecule has 1 heterocycles. The molecule has 0 saturated carbocycles. The summed E-state index contributed by atoms with van der Waals surface area (Å²) in [5, 5.41) is 7.81. The van der Waals surface area contributed by atoms with Crippen LogP contribution in [-0.4, -0.2) is 32.2 Å². The van der Waals surface area contributed by atoms with Crippen molar-refractivity contribution in [2.75, 3.05) is 12.4 Å². The second kappa shape index (κ2) is 6.89. The van der Waals surface area contributed by atoms with E-state index in [9.17, 15) is 18.0 Å². The van der Waals surface area contributed by atoms with Gasteiger partial charge in [0, 0.05) is 19.2 Å². The summed E-state index contributed by atoms with van der Waals surface area (Å²) in [6.45, 7) is 0. The number of carbonyl (C=O) groups excluding carboxylic acids is 2. The van der Waals surface area contributed by atoms with Gasteiger partial charge in [-0.2, -0.15) is 0 Å². The van der Waals surface area contributed by atoms with E-state index in [-0.39, 0.29) is 29.2 Å². The molecule has 2 amide bonds. The van der Waals surface area contributed by atoms with Crippen LogP contribution in [0.15, 0.2) is 59.5 Å². The Labute approximate surface area is 151 Å². The number of nitrogens with two attached hydrogens (primary N) is 1. The molecule has 3 rings (SSSR count). The molecule has 0 spiro atoms. The van der Waals surface area contributed by atoms with Crippen molar-refractivity contribution in [2.45, 2.75) is 17.4 Å². The molecule has 1 aliphatic heterocycles. The average Bonchev–Trinajstić information content (AvgIpc) is 2.91. The van der Waals surface area contributed by atoms with Crippen LogP contribution in [0.5, 0.6) is 0 Å². The Morgan fingerprint density at radius 2 is 1.73 bits per heavy atom. The largest absolute Gasteiger partial charge is 0.338 e. The minimum absolute atomic E-state index is 0.0339. The second-order valence-corrected chi connectivity index (χ2v) is 7.79. The molecule has 1 aliphatic rings. The van der Waals surface area contributed by atoms with Crippen molar-refractivity contribution in [2.24, 2.45) is 11.1 Å². The fourth-order valence-electron chi connectivity index (χ4n) is 3.17. The lowest BCUT2D eigenvalue weighted by Gasteiger charge is -2.25. The molecule has 1 fully saturated rings. The number of hydrogen-bond donors (Lipinski definition) is 2. The molecule has 0 bridgehead atoms. The molecule has 26 heavy (non-hydrogen) atoms. The Morgan fingerprint density at radius 1 is 1.12 bits per heavy atom. The topological polar surface area (TPSA) is 110 Å². The maximum absolute atomic E-state index is 12.7. The van der Waals surface area contributed by atoms with E-state index in [1.54, 1.807) is 11.9 Å². The van der Waals surface area contributed by atoms with E-state index in [0.29, 0.717) is 5.69 Å². The summed E-state index contributed by atoms with van der Waals surface area (Å²) in [4.78, 5) is 26.4. The van der Waals surface area contributed by atoms with Crippen LogP contribution in [0.3, 0.4) is 0 Å². The van der Waals surface area contributed by atoms with Crippen molar-refractivity contribution < 1.29 is 18.0 Å². The first kappa shape index (κ1) is 18.1. The number of nitrogens with zero attached hydrogens (tertiary/aromatic N) is 1. The number of nitrogens with one attached hydrogen (secondary N) is 1. The van der Waals surface area contributed by atoms with E-state index in [2.05, 4.69) is 5.32 Å². The van der Waals surface area contributed by atoms with Gasteiger partial charge in [-0.25, -0.2) is 13.6 Å². The number of likely N-dealkylation sites (tertiary alicyclic amines) is 1. The quantitative estimate of drug-likeness (QED) is 0.846. The number of benzene rings is 2. The summed E-state index contributed by atoms with van der Waals surface area (Å²) < 4.78 is 22.6. The monoisotopic (exact) mass is 373 g/mol. The molecule has 8 heteroatoms. The van der Waals surface area contributed by atoms with E-state index in [1.165, 1.54) is 24.3 Å². The van der Waals surface area contributed by atoms with Gasteiger partial charge in [-0.05, 0) is 29.8 Å². The second-order valence-electron chi connectivity index (χ2n) is 6.23. The third-order valence-electron chi connectivity index (χ3n) is 4.51. The molecule has 1 saturated heterocycles. The molecule has 2 atom stereocenters. The summed E-state index contributed by atoms with van der Waals surface area (Å²) in [6, 6.07) is 14.6. The highest BCUT2D eigenvalue weighted by Crippen LogP contribution is 2.37. The Hall–Kier alpha value is -2.71. The van der Waals surface area contributed by atoms with Crippen LogP contribution in [0.4, 0.5) is 5.69 Å². The maximum Gasteiger partial charge on any atom is 0.238 e. The number of primary sulfonamides is 1. The molecule has 3 N–H and O–H groups in total. The fourth-order valence-corrected chi connectivity index (χ4v) is 3.69. The standard InChI is InChI=1S/C18H19N3O4S/c1-21-16(22)11-15(17(21)12-5-3-2-4-6-12)18(23)20-13-7-9-14(10-8-13)26(19,24)25/h2-10,15,17H,11H2,1H3,(H,20,23)(H2,19,24,25)/t15-,17+/m1/s1. The van der Waals surface area contributed by atoms with Crippen molar-refractivity contribution >= 4 is 27.5 Å². The Balaban J connectivity index is 1.81. The summed E-state index contributed by atoms with van der Waals surface area (Å²) in [5.41, 5.74) is 1.33. The number of anilines is 1. The van der Waals surface area contributed by atoms with E-state index in [1.807, 2.05) is 30.3 Å². The van der Waals surface area contributed by atoms with Crippen molar-refractivity contribution in [3.8, 4) is 0 Å². The van der Waals surface area contributed by atoms with Gasteiger partial charge in [0.05, 0.1) is 16.9 Å². The summed E-state index contributed by atoms with van der Waals surface area (Å²) in [7, 11) is -2.10. The molecule has 0 radical (unpaired) electrons. The highest BCUT2D eigenvalue weighted by atomic mass is 32.2. The first-order valence-electron chi connectivity index (χ1n) is 8.01. The Bertz CT molecular complexity index is 927. The molecular weight excluding hydrogens is 354 g/mol. The lowest BCUT2D eigenvalue weighted by molar-refractivity contribution is -0.127. The van der Waals surface area contributed by atoms with Gasteiger partial charge in [-0.15, -0.1) is 0 Å². The first-order chi connectivity index (χ1) is 12.3. The van der Waals surface area contributed by atoms with Crippen LogP contribution in [0.1, 0.15) is 18.0 Å². The number of hydrogen-bond acceptors (Lipinski definition) is 4. The van der Waals surface area contributed by atoms with Gasteiger partial charge >= 0.3 is 0 Å². The van der Waals surface area contributed by atoms with Gasteiger partial charge in [0.1, 0.15) is 0 Å². The molecule has 2 aromatic rings. The van der Waals surface area contributed by atoms with Crippen molar-refractivity contribution in [3.63, 3.8) is 0 Å². The van der Waals surface area contributed by atoms with Crippen LogP contribution < -0.4 is 10.5 Å². The van der Waals surface area contributed by atoms with Crippen molar-refractivity contribution in [3.05, 3.63) is 60.2 Å². The first-order valence-corrected chi connectivity index (χ1v) is 9.56. The van der Waals surface area contributed by atoms with Crippen molar-refractivity contribution in [1.82, 2.24) is 4.90 Å². The van der Waals surface area contributed by atoms with E-state index in [4.69, 9.17) is 5.14 Å². The van der Waals surface area contributed by atoms with Crippen LogP contribution in [0.25, 0.3) is 0 Å². The molecule has 0 aliphatic carbocycles. The third-order valence-corrected chi connectivity index (χ3v) is 5.44. The van der Waals surface area contributed by atoms with Crippen LogP contribution >= 0.6 is 0 Å². The van der Waals surface area contributed by atoms with Crippen LogP contribution in [0.2, 0.25) is 0 Å². The van der Waals surface area contributed by atoms with E-state index < -0.39 is 15.9 Å². The van der Waals surface area contributed by atoms with Crippen molar-refractivity contribution in [1.29, 1.82) is 0 Å². The predicted molar refractivity (Wildman–Crippen MR) is 96.5 cm³/mol. The average molecular weight is 373 g/mol. The van der Waals surface area contributed by atoms with Gasteiger partial charge in [0.15, 0.2) is 0 Å². The lowest BCUT2D eigenvalue weighted by atomic mass is 9.93. The molecule has 2 aromatic carbocycles. The zero-order chi connectivity index (χ0) is 18.9. The molecule has 136 valence electrons. The highest BCUT2D eigenvalue weighted by Gasteiger charge is 2.42. The van der Waals surface area contributed by atoms with Gasteiger partial charge in [-0.3, -0.25) is 9.59 Å². The molecular formula is C18H19N3O4S. The predicted octanol–water partition coefficient (Wildman–Crippen LogP) is 1.49. The molecule has 0 unspecified atom stereocenters. The number of sulfonamides is 1. The lowest BCUT2D eigenvalue weighted by Crippen LogP contribution is -2.30. The highest BCUT2D eigenvalue weighted by molar-refractivity contribution is 7.89.